The lowest BCUT2D eigenvalue weighted by Crippen LogP contribution is -2.09. The van der Waals surface area contributed by atoms with Crippen LogP contribution < -0.4 is 15.8 Å². The van der Waals surface area contributed by atoms with Gasteiger partial charge in [0.2, 0.25) is 0 Å². The maximum atomic E-state index is 8.90. The van der Waals surface area contributed by atoms with Crippen LogP contribution in [0.4, 0.5) is 11.4 Å². The lowest BCUT2D eigenvalue weighted by molar-refractivity contribution is 0.315. The number of nitriles is 1. The van der Waals surface area contributed by atoms with Crippen LogP contribution in [0.2, 0.25) is 0 Å². The molecule has 0 heterocycles. The molecule has 20 heavy (non-hydrogen) atoms. The summed E-state index contributed by atoms with van der Waals surface area (Å²) in [6.07, 6.45) is 0.852. The van der Waals surface area contributed by atoms with Gasteiger partial charge in [-0.25, -0.2) is 0 Å². The van der Waals surface area contributed by atoms with Crippen LogP contribution in [0.15, 0.2) is 48.5 Å². The van der Waals surface area contributed by atoms with Crippen LogP contribution in [-0.4, -0.2) is 13.2 Å². The third kappa shape index (κ3) is 3.66. The molecule has 0 aliphatic heterocycles. The number of para-hydroxylation sites is 2. The van der Waals surface area contributed by atoms with Gasteiger partial charge in [-0.1, -0.05) is 24.3 Å². The van der Waals surface area contributed by atoms with Crippen molar-refractivity contribution in [2.24, 2.45) is 0 Å². The highest BCUT2D eigenvalue weighted by atomic mass is 16.5. The number of anilines is 2. The van der Waals surface area contributed by atoms with Crippen LogP contribution in [0.1, 0.15) is 12.0 Å². The van der Waals surface area contributed by atoms with E-state index in [0.717, 1.165) is 24.4 Å². The predicted octanol–water partition coefficient (Wildman–Crippen LogP) is 3.02. The Morgan fingerprint density at radius 3 is 2.65 bits per heavy atom. The van der Waals surface area contributed by atoms with Crippen LogP contribution in [0.3, 0.4) is 0 Å². The van der Waals surface area contributed by atoms with E-state index in [2.05, 4.69) is 11.4 Å². The van der Waals surface area contributed by atoms with E-state index < -0.39 is 0 Å². The van der Waals surface area contributed by atoms with Crippen molar-refractivity contribution < 1.29 is 4.74 Å². The molecule has 2 aromatic carbocycles. The molecule has 4 heteroatoms. The van der Waals surface area contributed by atoms with E-state index in [0.29, 0.717) is 17.9 Å². The Morgan fingerprint density at radius 1 is 1.10 bits per heavy atom. The molecule has 0 atom stereocenters. The van der Waals surface area contributed by atoms with Gasteiger partial charge < -0.3 is 15.8 Å². The molecular weight excluding hydrogens is 250 g/mol. The molecule has 102 valence electrons. The fourth-order valence-corrected chi connectivity index (χ4v) is 1.82. The summed E-state index contributed by atoms with van der Waals surface area (Å²) in [4.78, 5) is 0. The van der Waals surface area contributed by atoms with E-state index in [-0.39, 0.29) is 0 Å². The first-order chi connectivity index (χ1) is 9.81. The minimum atomic E-state index is 0.496. The molecule has 0 aromatic heterocycles. The minimum absolute atomic E-state index is 0.496. The monoisotopic (exact) mass is 267 g/mol. The molecule has 2 rings (SSSR count). The number of nitrogens with two attached hydrogens (primary N) is 1. The van der Waals surface area contributed by atoms with E-state index >= 15 is 0 Å². The summed E-state index contributed by atoms with van der Waals surface area (Å²) >= 11 is 0. The summed E-state index contributed by atoms with van der Waals surface area (Å²) in [5.41, 5.74) is 7.67. The van der Waals surface area contributed by atoms with Gasteiger partial charge in [-0.15, -0.1) is 0 Å². The van der Waals surface area contributed by atoms with E-state index in [1.54, 1.807) is 6.07 Å². The maximum absolute atomic E-state index is 8.90. The van der Waals surface area contributed by atoms with Crippen molar-refractivity contribution in [2.45, 2.75) is 6.42 Å². The van der Waals surface area contributed by atoms with Crippen LogP contribution in [0.5, 0.6) is 5.75 Å². The van der Waals surface area contributed by atoms with Gasteiger partial charge in [-0.2, -0.15) is 5.26 Å². The van der Waals surface area contributed by atoms with Crippen molar-refractivity contribution >= 4 is 11.4 Å². The Hall–Kier alpha value is -2.67. The van der Waals surface area contributed by atoms with Crippen LogP contribution in [0.25, 0.3) is 0 Å². The molecule has 0 fully saturated rings. The second-order valence-corrected chi connectivity index (χ2v) is 4.32. The summed E-state index contributed by atoms with van der Waals surface area (Å²) < 4.78 is 5.60. The van der Waals surface area contributed by atoms with Crippen molar-refractivity contribution in [2.75, 3.05) is 24.2 Å². The third-order valence-corrected chi connectivity index (χ3v) is 2.88. The van der Waals surface area contributed by atoms with Gasteiger partial charge in [0.25, 0.3) is 0 Å². The maximum Gasteiger partial charge on any atom is 0.119 e. The smallest absolute Gasteiger partial charge is 0.119 e. The standard InChI is InChI=1S/C16H17N3O/c17-12-13-6-4-9-15(16(13)18)19-10-5-11-20-14-7-2-1-3-8-14/h1-4,6-9,19H,5,10-11,18H2. The van der Waals surface area contributed by atoms with E-state index in [9.17, 15) is 0 Å². The second-order valence-electron chi connectivity index (χ2n) is 4.32. The molecule has 4 nitrogen and oxygen atoms in total. The van der Waals surface area contributed by atoms with Gasteiger partial charge in [0, 0.05) is 6.54 Å². The lowest BCUT2D eigenvalue weighted by atomic mass is 10.1. The normalized spacial score (nSPS) is 9.75. The average Bonchev–Trinajstić information content (AvgIpc) is 2.49. The number of ether oxygens (including phenoxy) is 1. The van der Waals surface area contributed by atoms with Crippen molar-refractivity contribution in [1.82, 2.24) is 0 Å². The first kappa shape index (κ1) is 13.8. The first-order valence-electron chi connectivity index (χ1n) is 6.51. The number of benzene rings is 2. The molecular formula is C16H17N3O. The number of hydrogen-bond acceptors (Lipinski definition) is 4. The molecule has 2 aromatic rings. The number of nitrogens with one attached hydrogen (secondary N) is 1. The molecule has 0 radical (unpaired) electrons. The molecule has 0 aliphatic carbocycles. The molecule has 0 saturated carbocycles. The molecule has 0 unspecified atom stereocenters. The third-order valence-electron chi connectivity index (χ3n) is 2.88. The van der Waals surface area contributed by atoms with E-state index in [4.69, 9.17) is 15.7 Å². The quantitative estimate of drug-likeness (QED) is 0.623. The van der Waals surface area contributed by atoms with Crippen molar-refractivity contribution in [3.8, 4) is 11.8 Å². The first-order valence-corrected chi connectivity index (χ1v) is 6.51. The molecule has 0 bridgehead atoms. The summed E-state index contributed by atoms with van der Waals surface area (Å²) in [6.45, 7) is 1.38. The molecule has 0 amide bonds. The number of nitrogens with zero attached hydrogens (tertiary/aromatic N) is 1. The van der Waals surface area contributed by atoms with Crippen molar-refractivity contribution in [3.05, 3.63) is 54.1 Å². The lowest BCUT2D eigenvalue weighted by Gasteiger charge is -2.10. The highest BCUT2D eigenvalue weighted by Crippen LogP contribution is 2.21. The highest BCUT2D eigenvalue weighted by molar-refractivity contribution is 5.72. The van der Waals surface area contributed by atoms with E-state index in [1.165, 1.54) is 0 Å². The fourth-order valence-electron chi connectivity index (χ4n) is 1.82. The molecule has 0 spiro atoms. The average molecular weight is 267 g/mol. The van der Waals surface area contributed by atoms with Gasteiger partial charge in [-0.3, -0.25) is 0 Å². The van der Waals surface area contributed by atoms with Crippen LogP contribution in [-0.2, 0) is 0 Å². The predicted molar refractivity (Wildman–Crippen MR) is 80.6 cm³/mol. The van der Waals surface area contributed by atoms with Crippen molar-refractivity contribution in [1.29, 1.82) is 5.26 Å². The van der Waals surface area contributed by atoms with Crippen molar-refractivity contribution in [3.63, 3.8) is 0 Å². The highest BCUT2D eigenvalue weighted by Gasteiger charge is 2.03. The SMILES string of the molecule is N#Cc1cccc(NCCCOc2ccccc2)c1N. The van der Waals surface area contributed by atoms with Gasteiger partial charge in [0.05, 0.1) is 23.5 Å². The largest absolute Gasteiger partial charge is 0.494 e. The number of hydrogen-bond donors (Lipinski definition) is 2. The molecule has 3 N–H and O–H groups in total. The Labute approximate surface area is 118 Å². The zero-order valence-electron chi connectivity index (χ0n) is 11.2. The second kappa shape index (κ2) is 7.05. The Balaban J connectivity index is 1.75. The summed E-state index contributed by atoms with van der Waals surface area (Å²) in [7, 11) is 0. The molecule has 0 saturated heterocycles. The van der Waals surface area contributed by atoms with Gasteiger partial charge in [-0.05, 0) is 30.7 Å². The van der Waals surface area contributed by atoms with E-state index in [1.807, 2.05) is 42.5 Å². The Bertz CT molecular complexity index is 590. The number of rotatable bonds is 6. The Morgan fingerprint density at radius 2 is 1.90 bits per heavy atom. The molecule has 0 aliphatic rings. The zero-order chi connectivity index (χ0) is 14.2. The van der Waals surface area contributed by atoms with Gasteiger partial charge in [0.15, 0.2) is 0 Å². The van der Waals surface area contributed by atoms with Crippen LogP contribution in [0, 0.1) is 11.3 Å². The summed E-state index contributed by atoms with van der Waals surface area (Å²) in [6, 6.07) is 17.2. The summed E-state index contributed by atoms with van der Waals surface area (Å²) in [5.74, 6) is 0.874. The van der Waals surface area contributed by atoms with Crippen LogP contribution >= 0.6 is 0 Å². The fraction of sp³-hybridized carbons (Fsp3) is 0.188. The van der Waals surface area contributed by atoms with Gasteiger partial charge >= 0.3 is 0 Å². The zero-order valence-corrected chi connectivity index (χ0v) is 11.2. The van der Waals surface area contributed by atoms with Gasteiger partial charge in [0.1, 0.15) is 11.8 Å². The minimum Gasteiger partial charge on any atom is -0.494 e. The number of nitrogen functional groups attached to an aromatic ring is 1. The summed E-state index contributed by atoms with van der Waals surface area (Å²) in [5, 5.41) is 12.1. The topological polar surface area (TPSA) is 71.1 Å². The Kier molecular flexibility index (Phi) is 4.85.